The summed E-state index contributed by atoms with van der Waals surface area (Å²) in [4.78, 5) is 42.6. The first-order valence-electron chi connectivity index (χ1n) is 12.5. The third-order valence-corrected chi connectivity index (χ3v) is 9.84. The number of hydrogen-bond acceptors (Lipinski definition) is 7. The normalized spacial score (nSPS) is 28.9. The lowest BCUT2D eigenvalue weighted by atomic mass is 9.70. The Morgan fingerprint density at radius 1 is 1.16 bits per heavy atom. The number of aliphatic hydroxyl groups excluding tert-OH is 1. The van der Waals surface area contributed by atoms with Gasteiger partial charge in [0.1, 0.15) is 18.2 Å². The monoisotopic (exact) mass is 520 g/mol. The molecule has 3 N–H and O–H groups in total. The number of carbonyl (C=O) groups excluding carboxylic acids is 3. The third-order valence-electron chi connectivity index (χ3n) is 7.89. The van der Waals surface area contributed by atoms with Crippen molar-refractivity contribution in [2.24, 2.45) is 11.8 Å². The van der Waals surface area contributed by atoms with E-state index in [1.807, 2.05) is 54.6 Å². The average molecular weight is 521 g/mol. The Hall–Kier alpha value is -3.44. The molecule has 3 aromatic rings. The molecule has 10 nitrogen and oxygen atoms in total. The van der Waals surface area contributed by atoms with E-state index in [0.29, 0.717) is 12.1 Å². The van der Waals surface area contributed by atoms with Gasteiger partial charge in [0.2, 0.25) is 17.7 Å². The Labute approximate surface area is 217 Å². The Morgan fingerprint density at radius 3 is 2.70 bits per heavy atom. The molecular weight excluding hydrogens is 492 g/mol. The van der Waals surface area contributed by atoms with Crippen molar-refractivity contribution >= 4 is 46.2 Å². The predicted octanol–water partition coefficient (Wildman–Crippen LogP) is 1.62. The minimum absolute atomic E-state index is 0.0428. The summed E-state index contributed by atoms with van der Waals surface area (Å²) in [7, 11) is 0. The molecule has 1 spiro atoms. The van der Waals surface area contributed by atoms with Crippen LogP contribution < -0.4 is 10.6 Å². The molecule has 2 bridgehead atoms. The summed E-state index contributed by atoms with van der Waals surface area (Å²) in [5.74, 6) is -1.92. The molecule has 6 atom stereocenters. The van der Waals surface area contributed by atoms with E-state index in [2.05, 4.69) is 20.9 Å². The number of para-hydroxylation sites is 2. The molecule has 3 fully saturated rings. The first-order valence-corrected chi connectivity index (χ1v) is 13.4. The molecule has 1 aromatic heterocycles. The lowest BCUT2D eigenvalue weighted by molar-refractivity contribution is -0.141. The van der Waals surface area contributed by atoms with Crippen LogP contribution >= 0.6 is 11.8 Å². The molecule has 37 heavy (non-hydrogen) atoms. The van der Waals surface area contributed by atoms with Gasteiger partial charge in [-0.1, -0.05) is 35.5 Å². The summed E-state index contributed by atoms with van der Waals surface area (Å²) in [5.41, 5.74) is 2.18. The van der Waals surface area contributed by atoms with E-state index in [1.54, 1.807) is 23.4 Å². The van der Waals surface area contributed by atoms with Crippen LogP contribution in [0.15, 0.2) is 54.6 Å². The van der Waals surface area contributed by atoms with Crippen molar-refractivity contribution < 1.29 is 19.5 Å². The van der Waals surface area contributed by atoms with Crippen molar-refractivity contribution in [3.63, 3.8) is 0 Å². The van der Waals surface area contributed by atoms with Gasteiger partial charge in [-0.3, -0.25) is 14.4 Å². The van der Waals surface area contributed by atoms with Gasteiger partial charge in [0.05, 0.1) is 34.7 Å². The van der Waals surface area contributed by atoms with E-state index < -0.39 is 28.7 Å². The van der Waals surface area contributed by atoms with Gasteiger partial charge >= 0.3 is 0 Å². The Balaban J connectivity index is 1.29. The van der Waals surface area contributed by atoms with Crippen LogP contribution in [0.5, 0.6) is 0 Å². The Kier molecular flexibility index (Phi) is 5.91. The summed E-state index contributed by atoms with van der Waals surface area (Å²) in [6.07, 6.45) is 1.41. The third kappa shape index (κ3) is 3.71. The average Bonchev–Trinajstić information content (AvgIpc) is 3.66. The number of benzene rings is 2. The quantitative estimate of drug-likeness (QED) is 0.432. The molecule has 0 radical (unpaired) electrons. The van der Waals surface area contributed by atoms with E-state index in [0.717, 1.165) is 17.5 Å². The minimum atomic E-state index is -0.800. The molecule has 11 heteroatoms. The number of fused-ring (bicyclic) bond motifs is 2. The maximum absolute atomic E-state index is 13.9. The molecule has 3 amide bonds. The lowest BCUT2D eigenvalue weighted by Gasteiger charge is -2.35. The number of hydrogen-bond donors (Lipinski definition) is 3. The van der Waals surface area contributed by atoms with Crippen LogP contribution in [0.25, 0.3) is 11.0 Å². The van der Waals surface area contributed by atoms with E-state index >= 15 is 0 Å². The van der Waals surface area contributed by atoms with Crippen molar-refractivity contribution in [2.45, 2.75) is 48.5 Å². The van der Waals surface area contributed by atoms with E-state index in [1.165, 1.54) is 4.90 Å². The van der Waals surface area contributed by atoms with Crippen LogP contribution in [0, 0.1) is 11.8 Å². The molecule has 3 aliphatic rings. The lowest BCUT2D eigenvalue weighted by Crippen LogP contribution is -2.56. The molecule has 0 saturated carbocycles. The number of aromatic nitrogens is 3. The van der Waals surface area contributed by atoms with Crippen LogP contribution in [0.4, 0.5) is 5.69 Å². The Bertz CT molecular complexity index is 1370. The fourth-order valence-electron chi connectivity index (χ4n) is 6.28. The highest BCUT2D eigenvalue weighted by atomic mass is 32.2. The van der Waals surface area contributed by atoms with Crippen molar-refractivity contribution in [3.8, 4) is 0 Å². The van der Waals surface area contributed by atoms with E-state index in [9.17, 15) is 19.5 Å². The van der Waals surface area contributed by atoms with Crippen molar-refractivity contribution in [3.05, 3.63) is 54.6 Å². The van der Waals surface area contributed by atoms with Gasteiger partial charge in [0.15, 0.2) is 0 Å². The highest BCUT2D eigenvalue weighted by Crippen LogP contribution is 2.66. The predicted molar refractivity (Wildman–Crippen MR) is 138 cm³/mol. The Morgan fingerprint density at radius 2 is 1.92 bits per heavy atom. The number of thioether (sulfide) groups is 1. The van der Waals surface area contributed by atoms with Crippen LogP contribution in [0.3, 0.4) is 0 Å². The topological polar surface area (TPSA) is 129 Å². The molecule has 0 aliphatic carbocycles. The van der Waals surface area contributed by atoms with Crippen LogP contribution in [-0.4, -0.2) is 71.4 Å². The zero-order valence-corrected chi connectivity index (χ0v) is 21.1. The number of anilines is 1. The second-order valence-corrected chi connectivity index (χ2v) is 11.6. The second-order valence-electron chi connectivity index (χ2n) is 9.97. The molecule has 2 aromatic carbocycles. The van der Waals surface area contributed by atoms with Crippen LogP contribution in [0.1, 0.15) is 19.8 Å². The summed E-state index contributed by atoms with van der Waals surface area (Å²) < 4.78 is 0.882. The number of aliphatic hydroxyl groups is 1. The maximum atomic E-state index is 13.9. The number of nitrogens with one attached hydrogen (secondary N) is 2. The zero-order chi connectivity index (χ0) is 25.7. The molecule has 3 aliphatic heterocycles. The van der Waals surface area contributed by atoms with Gasteiger partial charge in [-0.05, 0) is 44.0 Å². The molecule has 4 heterocycles. The smallest absolute Gasteiger partial charge is 0.245 e. The maximum Gasteiger partial charge on any atom is 0.245 e. The first-order chi connectivity index (χ1) is 17.9. The summed E-state index contributed by atoms with van der Waals surface area (Å²) in [6, 6.07) is 15.3. The van der Waals surface area contributed by atoms with Gasteiger partial charge in [-0.25, -0.2) is 4.68 Å². The number of rotatable bonds is 7. The number of carbonyl (C=O) groups is 3. The summed E-state index contributed by atoms with van der Waals surface area (Å²) in [6.45, 7) is 1.55. The largest absolute Gasteiger partial charge is 0.394 e. The number of nitrogens with zero attached hydrogens (tertiary/aromatic N) is 4. The zero-order valence-electron chi connectivity index (χ0n) is 20.3. The van der Waals surface area contributed by atoms with Gasteiger partial charge in [-0.2, -0.15) is 0 Å². The van der Waals surface area contributed by atoms with Gasteiger partial charge in [0, 0.05) is 10.9 Å². The fraction of sp³-hybridized carbons (Fsp3) is 0.423. The van der Waals surface area contributed by atoms with Gasteiger partial charge < -0.3 is 20.6 Å². The minimum Gasteiger partial charge on any atom is -0.394 e. The number of likely N-dealkylation sites (tertiary alicyclic amines) is 1. The van der Waals surface area contributed by atoms with Gasteiger partial charge in [0.25, 0.3) is 0 Å². The second kappa shape index (κ2) is 9.14. The van der Waals surface area contributed by atoms with Crippen LogP contribution in [-0.2, 0) is 21.1 Å². The van der Waals surface area contributed by atoms with Crippen molar-refractivity contribution in [2.75, 3.05) is 11.9 Å². The summed E-state index contributed by atoms with van der Waals surface area (Å²) in [5, 5.41) is 24.1. The molecular formula is C26H28N6O4S. The highest BCUT2D eigenvalue weighted by Gasteiger charge is 2.74. The van der Waals surface area contributed by atoms with Crippen molar-refractivity contribution in [1.82, 2.24) is 25.2 Å². The van der Waals surface area contributed by atoms with E-state index in [4.69, 9.17) is 0 Å². The van der Waals surface area contributed by atoms with Crippen molar-refractivity contribution in [1.29, 1.82) is 0 Å². The molecule has 6 rings (SSSR count). The highest BCUT2D eigenvalue weighted by molar-refractivity contribution is 8.02. The van der Waals surface area contributed by atoms with E-state index in [-0.39, 0.29) is 36.2 Å². The van der Waals surface area contributed by atoms with Gasteiger partial charge in [-0.15, -0.1) is 16.9 Å². The number of amides is 3. The fourth-order valence-corrected chi connectivity index (χ4v) is 8.49. The molecule has 3 saturated heterocycles. The first kappa shape index (κ1) is 23.9. The molecule has 2 unspecified atom stereocenters. The standard InChI is InChI=1S/C26H28N6O4S/c1-15(13-33)32-22(24(35)27-14-31-18-10-6-5-9-17(18)29-30-31)26-12-11-19(37-26)20(21(26)25(32)36)23(34)28-16-7-3-2-4-8-16/h2-10,15,19-22,33H,11-14H2,1H3,(H,27,35)(H,28,34)/t15-,19+,20-,21+,22?,26?/m1/s1. The summed E-state index contributed by atoms with van der Waals surface area (Å²) >= 11 is 1.59. The van der Waals surface area contributed by atoms with Crippen LogP contribution in [0.2, 0.25) is 0 Å². The molecule has 192 valence electrons. The SMILES string of the molecule is C[C@H](CO)N1C(=O)[C@@H]2[C@H](C(=O)Nc3ccccc3)[C@@H]3CCC2(S3)C1C(=O)NCn1nnc2ccccc21.